The van der Waals surface area contributed by atoms with Crippen LogP contribution in [-0.2, 0) is 9.53 Å². The first-order valence-corrected chi connectivity index (χ1v) is 6.06. The molecule has 1 aliphatic rings. The van der Waals surface area contributed by atoms with Crippen LogP contribution in [0.4, 0.5) is 0 Å². The molecule has 2 atom stereocenters. The lowest BCUT2D eigenvalue weighted by Crippen LogP contribution is -2.37. The highest BCUT2D eigenvalue weighted by Gasteiger charge is 2.30. The van der Waals surface area contributed by atoms with Gasteiger partial charge in [-0.05, 0) is 31.0 Å². The molecule has 1 saturated heterocycles. The van der Waals surface area contributed by atoms with Crippen LogP contribution < -0.4 is 15.6 Å². The van der Waals surface area contributed by atoms with Crippen molar-refractivity contribution in [2.75, 3.05) is 13.7 Å². The molecule has 2 rings (SSSR count). The number of carbonyl (C=O) groups is 1. The predicted molar refractivity (Wildman–Crippen MR) is 67.0 cm³/mol. The summed E-state index contributed by atoms with van der Waals surface area (Å²) in [6, 6.07) is 7.64. The second-order valence-electron chi connectivity index (χ2n) is 4.15. The molecule has 1 aromatic rings. The SMILES string of the molecule is CCOC(=O)C1CC(c2ccc(OC)cc2)NN1. The van der Waals surface area contributed by atoms with E-state index in [-0.39, 0.29) is 18.1 Å². The van der Waals surface area contributed by atoms with Crippen molar-refractivity contribution in [3.05, 3.63) is 29.8 Å². The van der Waals surface area contributed by atoms with E-state index in [1.807, 2.05) is 24.3 Å². The van der Waals surface area contributed by atoms with Gasteiger partial charge < -0.3 is 9.47 Å². The molecular formula is C13H18N2O3. The molecule has 5 heteroatoms. The van der Waals surface area contributed by atoms with Gasteiger partial charge in [-0.25, -0.2) is 10.9 Å². The highest BCUT2D eigenvalue weighted by Crippen LogP contribution is 2.24. The minimum absolute atomic E-state index is 0.116. The third-order valence-corrected chi connectivity index (χ3v) is 2.99. The first-order chi connectivity index (χ1) is 8.74. The molecule has 0 bridgehead atoms. The van der Waals surface area contributed by atoms with Crippen molar-refractivity contribution in [1.82, 2.24) is 10.9 Å². The fourth-order valence-electron chi connectivity index (χ4n) is 2.01. The van der Waals surface area contributed by atoms with Gasteiger partial charge in [-0.1, -0.05) is 12.1 Å². The summed E-state index contributed by atoms with van der Waals surface area (Å²) in [5.41, 5.74) is 7.19. The van der Waals surface area contributed by atoms with Gasteiger partial charge >= 0.3 is 5.97 Å². The van der Waals surface area contributed by atoms with E-state index < -0.39 is 0 Å². The Morgan fingerprint density at radius 1 is 1.33 bits per heavy atom. The quantitative estimate of drug-likeness (QED) is 0.785. The van der Waals surface area contributed by atoms with E-state index in [2.05, 4.69) is 10.9 Å². The summed E-state index contributed by atoms with van der Waals surface area (Å²) in [5, 5.41) is 0. The van der Waals surface area contributed by atoms with Crippen molar-refractivity contribution in [2.45, 2.75) is 25.4 Å². The predicted octanol–water partition coefficient (Wildman–Crippen LogP) is 1.17. The number of methoxy groups -OCH3 is 1. The monoisotopic (exact) mass is 250 g/mol. The lowest BCUT2D eigenvalue weighted by Gasteiger charge is -2.10. The van der Waals surface area contributed by atoms with E-state index in [0.29, 0.717) is 13.0 Å². The van der Waals surface area contributed by atoms with Crippen molar-refractivity contribution in [3.8, 4) is 5.75 Å². The van der Waals surface area contributed by atoms with Crippen molar-refractivity contribution in [2.24, 2.45) is 0 Å². The molecule has 1 aromatic carbocycles. The summed E-state index contributed by atoms with van der Waals surface area (Å²) >= 11 is 0. The van der Waals surface area contributed by atoms with Crippen LogP contribution >= 0.6 is 0 Å². The summed E-state index contributed by atoms with van der Waals surface area (Å²) in [6.45, 7) is 2.21. The number of nitrogens with one attached hydrogen (secondary N) is 2. The van der Waals surface area contributed by atoms with Crippen molar-refractivity contribution in [3.63, 3.8) is 0 Å². The molecule has 0 spiro atoms. The fourth-order valence-corrected chi connectivity index (χ4v) is 2.01. The summed E-state index contributed by atoms with van der Waals surface area (Å²) in [6.07, 6.45) is 0.686. The molecule has 1 fully saturated rings. The summed E-state index contributed by atoms with van der Waals surface area (Å²) in [4.78, 5) is 11.6. The Bertz CT molecular complexity index is 405. The fraction of sp³-hybridized carbons (Fsp3) is 0.462. The average Bonchev–Trinajstić information content (AvgIpc) is 2.89. The van der Waals surface area contributed by atoms with Crippen LogP contribution in [0.3, 0.4) is 0 Å². The number of hydrazine groups is 1. The summed E-state index contributed by atoms with van der Waals surface area (Å²) in [5.74, 6) is 0.618. The Morgan fingerprint density at radius 3 is 2.67 bits per heavy atom. The van der Waals surface area contributed by atoms with E-state index in [9.17, 15) is 4.79 Å². The normalized spacial score (nSPS) is 22.8. The molecule has 0 aromatic heterocycles. The number of rotatable bonds is 4. The third kappa shape index (κ3) is 2.80. The Labute approximate surface area is 106 Å². The molecule has 0 radical (unpaired) electrons. The number of hydrogen-bond donors (Lipinski definition) is 2. The molecule has 0 saturated carbocycles. The Hall–Kier alpha value is -1.59. The molecule has 0 amide bonds. The van der Waals surface area contributed by atoms with Gasteiger partial charge in [-0.15, -0.1) is 0 Å². The summed E-state index contributed by atoms with van der Waals surface area (Å²) in [7, 11) is 1.64. The van der Waals surface area contributed by atoms with Gasteiger partial charge in [0.25, 0.3) is 0 Å². The van der Waals surface area contributed by atoms with Gasteiger partial charge in [0, 0.05) is 6.04 Å². The van der Waals surface area contributed by atoms with Crippen LogP contribution in [0.15, 0.2) is 24.3 Å². The lowest BCUT2D eigenvalue weighted by molar-refractivity contribution is -0.145. The van der Waals surface area contributed by atoms with E-state index in [0.717, 1.165) is 11.3 Å². The van der Waals surface area contributed by atoms with Crippen LogP contribution in [0.25, 0.3) is 0 Å². The second-order valence-corrected chi connectivity index (χ2v) is 4.15. The van der Waals surface area contributed by atoms with Crippen LogP contribution in [0.2, 0.25) is 0 Å². The summed E-state index contributed by atoms with van der Waals surface area (Å²) < 4.78 is 10.1. The van der Waals surface area contributed by atoms with Crippen LogP contribution in [0.1, 0.15) is 24.9 Å². The van der Waals surface area contributed by atoms with Crippen molar-refractivity contribution >= 4 is 5.97 Å². The molecule has 2 unspecified atom stereocenters. The standard InChI is InChI=1S/C13H18N2O3/c1-3-18-13(16)12-8-11(14-15-12)9-4-6-10(17-2)7-5-9/h4-7,11-12,14-15H,3,8H2,1-2H3. The largest absolute Gasteiger partial charge is 0.497 e. The number of benzene rings is 1. The Morgan fingerprint density at radius 2 is 2.06 bits per heavy atom. The second kappa shape index (κ2) is 5.84. The smallest absolute Gasteiger partial charge is 0.324 e. The number of carbonyl (C=O) groups excluding carboxylic acids is 1. The van der Waals surface area contributed by atoms with Crippen LogP contribution in [0, 0.1) is 0 Å². The maximum atomic E-state index is 11.6. The number of hydrogen-bond acceptors (Lipinski definition) is 5. The van der Waals surface area contributed by atoms with Crippen LogP contribution in [0.5, 0.6) is 5.75 Å². The minimum Gasteiger partial charge on any atom is -0.497 e. The molecule has 1 aliphatic heterocycles. The third-order valence-electron chi connectivity index (χ3n) is 2.99. The Balaban J connectivity index is 1.97. The topological polar surface area (TPSA) is 59.6 Å². The molecule has 5 nitrogen and oxygen atoms in total. The maximum Gasteiger partial charge on any atom is 0.324 e. The van der Waals surface area contributed by atoms with E-state index in [1.54, 1.807) is 14.0 Å². The van der Waals surface area contributed by atoms with Gasteiger partial charge in [0.2, 0.25) is 0 Å². The molecule has 0 aliphatic carbocycles. The highest BCUT2D eigenvalue weighted by atomic mass is 16.5. The molecular weight excluding hydrogens is 232 g/mol. The van der Waals surface area contributed by atoms with E-state index in [1.165, 1.54) is 0 Å². The molecule has 98 valence electrons. The molecule has 18 heavy (non-hydrogen) atoms. The first-order valence-electron chi connectivity index (χ1n) is 6.06. The van der Waals surface area contributed by atoms with Gasteiger partial charge in [0.15, 0.2) is 0 Å². The lowest BCUT2D eigenvalue weighted by atomic mass is 10.0. The van der Waals surface area contributed by atoms with Crippen molar-refractivity contribution < 1.29 is 14.3 Å². The van der Waals surface area contributed by atoms with E-state index in [4.69, 9.17) is 9.47 Å². The molecule has 2 N–H and O–H groups in total. The number of esters is 1. The maximum absolute atomic E-state index is 11.6. The van der Waals surface area contributed by atoms with Gasteiger partial charge in [0.05, 0.1) is 13.7 Å². The van der Waals surface area contributed by atoms with Gasteiger partial charge in [0.1, 0.15) is 11.8 Å². The zero-order chi connectivity index (χ0) is 13.0. The molecule has 1 heterocycles. The zero-order valence-electron chi connectivity index (χ0n) is 10.6. The number of ether oxygens (including phenoxy) is 2. The average molecular weight is 250 g/mol. The van der Waals surface area contributed by atoms with Crippen LogP contribution in [-0.4, -0.2) is 25.7 Å². The zero-order valence-corrected chi connectivity index (χ0v) is 10.6. The van der Waals surface area contributed by atoms with Gasteiger partial charge in [-0.2, -0.15) is 0 Å². The van der Waals surface area contributed by atoms with Gasteiger partial charge in [-0.3, -0.25) is 4.79 Å². The van der Waals surface area contributed by atoms with Crippen molar-refractivity contribution in [1.29, 1.82) is 0 Å². The first kappa shape index (κ1) is 12.9. The Kier molecular flexibility index (Phi) is 4.17. The van der Waals surface area contributed by atoms with E-state index >= 15 is 0 Å². The minimum atomic E-state index is -0.281. The highest BCUT2D eigenvalue weighted by molar-refractivity contribution is 5.76.